The molecule has 0 aliphatic rings. The molecule has 8 heteroatoms. The molecule has 1 unspecified atom stereocenters. The van der Waals surface area contributed by atoms with Gasteiger partial charge in [-0.05, 0) is 27.4 Å². The first-order chi connectivity index (χ1) is 7.74. The maximum atomic E-state index is 9.33. The minimum Gasteiger partial charge on any atom is -0.363 e. The summed E-state index contributed by atoms with van der Waals surface area (Å²) in [6, 6.07) is 0. The molecule has 0 fully saturated rings. The summed E-state index contributed by atoms with van der Waals surface area (Å²) >= 11 is 0. The van der Waals surface area contributed by atoms with Crippen LogP contribution in [0.3, 0.4) is 0 Å². The maximum Gasteiger partial charge on any atom is 0.397 e. The van der Waals surface area contributed by atoms with Gasteiger partial charge >= 0.3 is 10.4 Å². The molecule has 0 aliphatic heterocycles. The molecule has 6 nitrogen and oxygen atoms in total. The Morgan fingerprint density at radius 3 is 2.00 bits per heavy atom. The van der Waals surface area contributed by atoms with E-state index in [0.29, 0.717) is 0 Å². The van der Waals surface area contributed by atoms with E-state index in [2.05, 4.69) is 22.9 Å². The van der Waals surface area contributed by atoms with Crippen molar-refractivity contribution < 1.29 is 21.9 Å². The van der Waals surface area contributed by atoms with Gasteiger partial charge in [0, 0.05) is 6.61 Å². The van der Waals surface area contributed by atoms with E-state index in [0.717, 1.165) is 13.7 Å². The molecule has 0 saturated heterocycles. The number of ether oxygens (including phenoxy) is 1. The molecule has 0 aromatic carbocycles. The maximum absolute atomic E-state index is 9.33. The molecule has 0 spiro atoms. The average Bonchev–Trinajstić information content (AvgIpc) is 2.24. The minimum atomic E-state index is -4.16. The minimum absolute atomic E-state index is 0. The molecule has 0 saturated carbocycles. The fourth-order valence-corrected chi connectivity index (χ4v) is 0.755. The molecule has 0 amide bonds. The second-order valence-electron chi connectivity index (χ2n) is 3.74. The zero-order valence-electron chi connectivity index (χ0n) is 11.7. The van der Waals surface area contributed by atoms with Gasteiger partial charge in [-0.2, -0.15) is 8.42 Å². The lowest BCUT2D eigenvalue weighted by molar-refractivity contribution is -0.0239. The predicted octanol–water partition coefficient (Wildman–Crippen LogP) is 1.96. The summed E-state index contributed by atoms with van der Waals surface area (Å²) in [5.74, 6) is 0. The first-order valence-corrected chi connectivity index (χ1v) is 6.92. The van der Waals surface area contributed by atoms with Gasteiger partial charge in [-0.1, -0.05) is 19.8 Å². The Balaban J connectivity index is -0.000000277. The van der Waals surface area contributed by atoms with Crippen LogP contribution < -0.4 is 0 Å². The van der Waals surface area contributed by atoms with Crippen molar-refractivity contribution in [3.63, 3.8) is 0 Å². The number of unbranched alkanes of at least 4 members (excludes halogenated alkanes) is 2. The van der Waals surface area contributed by atoms with Crippen LogP contribution in [0.15, 0.2) is 0 Å². The van der Waals surface area contributed by atoms with Gasteiger partial charge < -0.3 is 4.74 Å². The number of halogens is 1. The number of hydrogen-bond acceptors (Lipinski definition) is 5. The highest BCUT2D eigenvalue weighted by Gasteiger charge is 2.02. The quantitative estimate of drug-likeness (QED) is 0.440. The molecule has 114 valence electrons. The highest BCUT2D eigenvalue weighted by atomic mass is 35.5. The van der Waals surface area contributed by atoms with Crippen molar-refractivity contribution in [3.8, 4) is 0 Å². The van der Waals surface area contributed by atoms with E-state index >= 15 is 0 Å². The van der Waals surface area contributed by atoms with Crippen LogP contribution in [0.2, 0.25) is 0 Å². The topological polar surface area (TPSA) is 76.1 Å². The Bertz CT molecular complexity index is 259. The lowest BCUT2D eigenvalue weighted by atomic mass is 10.3. The summed E-state index contributed by atoms with van der Waals surface area (Å²) in [7, 11) is 0.773. The van der Waals surface area contributed by atoms with Crippen LogP contribution in [0.4, 0.5) is 0 Å². The van der Waals surface area contributed by atoms with Crippen LogP contribution in [0, 0.1) is 0 Å². The van der Waals surface area contributed by atoms with Crippen LogP contribution in [0.1, 0.15) is 33.1 Å². The van der Waals surface area contributed by atoms with E-state index in [9.17, 15) is 8.42 Å². The largest absolute Gasteiger partial charge is 0.397 e. The molecule has 0 aromatic heterocycles. The van der Waals surface area contributed by atoms with Crippen molar-refractivity contribution >= 4 is 22.8 Å². The fourth-order valence-electron chi connectivity index (χ4n) is 0.755. The first-order valence-electron chi connectivity index (χ1n) is 5.55. The van der Waals surface area contributed by atoms with E-state index < -0.39 is 10.4 Å². The number of hydrogen-bond donors (Lipinski definition) is 1. The highest BCUT2D eigenvalue weighted by Crippen LogP contribution is 1.98. The summed E-state index contributed by atoms with van der Waals surface area (Å²) in [5, 5.41) is 0. The van der Waals surface area contributed by atoms with E-state index in [-0.39, 0.29) is 18.6 Å². The molecular formula is C10H26ClNO5S. The second-order valence-corrected chi connectivity index (χ2v) is 4.92. The van der Waals surface area contributed by atoms with Gasteiger partial charge in [0.05, 0.1) is 7.11 Å². The van der Waals surface area contributed by atoms with Crippen LogP contribution in [-0.2, 0) is 19.3 Å². The molecule has 0 bridgehead atoms. The standard InChI is InChI=1S/C9H21NO.CH4O4S.ClH/c1-5-6-7-8-11-9(2)10(3)4;1-5-6(2,3)4;/h9H,5-8H2,1-4H3;1H3,(H,2,3,4);1H. The molecule has 0 heterocycles. The Labute approximate surface area is 117 Å². The third-order valence-corrected chi connectivity index (χ3v) is 2.47. The van der Waals surface area contributed by atoms with Gasteiger partial charge in [0.2, 0.25) is 0 Å². The van der Waals surface area contributed by atoms with E-state index in [1.807, 2.05) is 14.1 Å². The third kappa shape index (κ3) is 21.4. The van der Waals surface area contributed by atoms with Crippen LogP contribution in [0.5, 0.6) is 0 Å². The molecule has 1 N–H and O–H groups in total. The van der Waals surface area contributed by atoms with Crippen LogP contribution >= 0.6 is 12.4 Å². The van der Waals surface area contributed by atoms with Crippen molar-refractivity contribution in [1.82, 2.24) is 4.90 Å². The normalized spacial score (nSPS) is 12.4. The van der Waals surface area contributed by atoms with Gasteiger partial charge in [0.1, 0.15) is 6.23 Å². The molecule has 18 heavy (non-hydrogen) atoms. The zero-order chi connectivity index (χ0) is 13.9. The van der Waals surface area contributed by atoms with Crippen molar-refractivity contribution in [2.45, 2.75) is 39.3 Å². The van der Waals surface area contributed by atoms with E-state index in [1.54, 1.807) is 0 Å². The van der Waals surface area contributed by atoms with Gasteiger partial charge in [0.15, 0.2) is 0 Å². The molecule has 1 atom stereocenters. The van der Waals surface area contributed by atoms with Gasteiger partial charge in [-0.3, -0.25) is 13.6 Å². The van der Waals surface area contributed by atoms with Gasteiger partial charge in [-0.25, -0.2) is 0 Å². The lowest BCUT2D eigenvalue weighted by Gasteiger charge is -2.19. The van der Waals surface area contributed by atoms with Crippen molar-refractivity contribution in [3.05, 3.63) is 0 Å². The Morgan fingerprint density at radius 2 is 1.72 bits per heavy atom. The number of rotatable bonds is 7. The summed E-state index contributed by atoms with van der Waals surface area (Å²) < 4.78 is 35.2. The second kappa shape index (κ2) is 13.5. The molecular weight excluding hydrogens is 282 g/mol. The molecule has 0 rings (SSSR count). The average molecular weight is 308 g/mol. The van der Waals surface area contributed by atoms with Crippen molar-refractivity contribution in [1.29, 1.82) is 0 Å². The molecule has 0 aromatic rings. The van der Waals surface area contributed by atoms with E-state index in [1.165, 1.54) is 19.3 Å². The predicted molar refractivity (Wildman–Crippen MR) is 74.4 cm³/mol. The molecule has 0 radical (unpaired) electrons. The summed E-state index contributed by atoms with van der Waals surface area (Å²) in [4.78, 5) is 2.08. The Morgan fingerprint density at radius 1 is 1.28 bits per heavy atom. The summed E-state index contributed by atoms with van der Waals surface area (Å²) in [5.41, 5.74) is 0. The fraction of sp³-hybridized carbons (Fsp3) is 1.00. The van der Waals surface area contributed by atoms with Crippen molar-refractivity contribution in [2.24, 2.45) is 0 Å². The monoisotopic (exact) mass is 307 g/mol. The van der Waals surface area contributed by atoms with Gasteiger partial charge in [-0.15, -0.1) is 12.4 Å². The van der Waals surface area contributed by atoms with Gasteiger partial charge in [0.25, 0.3) is 0 Å². The lowest BCUT2D eigenvalue weighted by Crippen LogP contribution is -2.27. The van der Waals surface area contributed by atoms with Crippen molar-refractivity contribution in [2.75, 3.05) is 27.8 Å². The Hall–Kier alpha value is 0.0800. The SMILES string of the molecule is CCCCCOC(C)N(C)C.COS(=O)(=O)O.Cl. The Kier molecular flexibility index (Phi) is 17.4. The summed E-state index contributed by atoms with van der Waals surface area (Å²) in [6.07, 6.45) is 3.99. The third-order valence-electron chi connectivity index (χ3n) is 2.04. The number of nitrogens with zero attached hydrogens (tertiary/aromatic N) is 1. The smallest absolute Gasteiger partial charge is 0.363 e. The zero-order valence-corrected chi connectivity index (χ0v) is 13.4. The van der Waals surface area contributed by atoms with Crippen LogP contribution in [0.25, 0.3) is 0 Å². The summed E-state index contributed by atoms with van der Waals surface area (Å²) in [6.45, 7) is 5.18. The first kappa shape index (κ1) is 23.2. The molecule has 0 aliphatic carbocycles. The van der Waals surface area contributed by atoms with E-state index in [4.69, 9.17) is 9.29 Å². The highest BCUT2D eigenvalue weighted by molar-refractivity contribution is 7.80. The van der Waals surface area contributed by atoms with Crippen LogP contribution in [-0.4, -0.2) is 51.9 Å².